The largest absolute Gasteiger partial charge is 0.497 e. The van der Waals surface area contributed by atoms with Gasteiger partial charge in [-0.05, 0) is 32.0 Å². The van der Waals surface area contributed by atoms with Crippen molar-refractivity contribution in [2.75, 3.05) is 18.2 Å². The number of benzene rings is 1. The number of hydrogen-bond donors (Lipinski definition) is 1. The van der Waals surface area contributed by atoms with Crippen LogP contribution in [0, 0.1) is 13.8 Å². The number of rotatable bonds is 6. The molecule has 7 nitrogen and oxygen atoms in total. The Balaban J connectivity index is 1.63. The minimum Gasteiger partial charge on any atom is -0.497 e. The molecule has 1 aromatic carbocycles. The lowest BCUT2D eigenvalue weighted by molar-refractivity contribution is -0.113. The van der Waals surface area contributed by atoms with Gasteiger partial charge in [-0.15, -0.1) is 0 Å². The highest BCUT2D eigenvalue weighted by molar-refractivity contribution is 7.99. The summed E-state index contributed by atoms with van der Waals surface area (Å²) >= 11 is 1.34. The number of methoxy groups -OCH3 is 1. The fourth-order valence-electron chi connectivity index (χ4n) is 2.42. The van der Waals surface area contributed by atoms with Gasteiger partial charge in [0.2, 0.25) is 5.91 Å². The second kappa shape index (κ2) is 8.01. The molecule has 134 valence electrons. The Kier molecular flexibility index (Phi) is 5.52. The van der Waals surface area contributed by atoms with Crippen LogP contribution in [0.3, 0.4) is 0 Å². The summed E-state index contributed by atoms with van der Waals surface area (Å²) < 4.78 is 6.91. The van der Waals surface area contributed by atoms with Crippen molar-refractivity contribution in [3.8, 4) is 11.6 Å². The van der Waals surface area contributed by atoms with Crippen molar-refractivity contribution < 1.29 is 9.53 Å². The highest BCUT2D eigenvalue weighted by atomic mass is 32.2. The molecule has 0 aliphatic heterocycles. The van der Waals surface area contributed by atoms with E-state index in [0.717, 1.165) is 11.4 Å². The molecule has 0 atom stereocenters. The van der Waals surface area contributed by atoms with Crippen LogP contribution in [0.1, 0.15) is 11.4 Å². The highest BCUT2D eigenvalue weighted by Crippen LogP contribution is 2.20. The van der Waals surface area contributed by atoms with Gasteiger partial charge in [0.05, 0.1) is 18.6 Å². The molecule has 1 N–H and O–H groups in total. The topological polar surface area (TPSA) is 81.9 Å². The molecule has 0 aliphatic rings. The molecule has 0 bridgehead atoms. The first-order valence-corrected chi connectivity index (χ1v) is 8.96. The molecule has 2 heterocycles. The lowest BCUT2D eigenvalue weighted by Crippen LogP contribution is -2.14. The van der Waals surface area contributed by atoms with Gasteiger partial charge in [-0.25, -0.2) is 14.6 Å². The molecule has 26 heavy (non-hydrogen) atoms. The van der Waals surface area contributed by atoms with E-state index in [9.17, 15) is 4.79 Å². The Bertz CT molecular complexity index is 925. The maximum atomic E-state index is 12.2. The van der Waals surface area contributed by atoms with E-state index in [4.69, 9.17) is 4.74 Å². The van der Waals surface area contributed by atoms with Gasteiger partial charge in [-0.1, -0.05) is 17.8 Å². The summed E-state index contributed by atoms with van der Waals surface area (Å²) in [7, 11) is 1.59. The molecule has 0 spiro atoms. The molecule has 1 amide bonds. The summed E-state index contributed by atoms with van der Waals surface area (Å²) in [6.07, 6.45) is 1.48. The molecular weight excluding hydrogens is 350 g/mol. The van der Waals surface area contributed by atoms with Crippen LogP contribution in [0.4, 0.5) is 5.69 Å². The fourth-order valence-corrected chi connectivity index (χ4v) is 3.08. The summed E-state index contributed by atoms with van der Waals surface area (Å²) in [6.45, 7) is 3.90. The predicted octanol–water partition coefficient (Wildman–Crippen LogP) is 3.02. The Morgan fingerprint density at radius 2 is 2.08 bits per heavy atom. The number of amides is 1. The van der Waals surface area contributed by atoms with E-state index in [2.05, 4.69) is 20.4 Å². The lowest BCUT2D eigenvalue weighted by atomic mass is 10.3. The minimum absolute atomic E-state index is 0.116. The van der Waals surface area contributed by atoms with Crippen LogP contribution >= 0.6 is 11.8 Å². The van der Waals surface area contributed by atoms with Gasteiger partial charge in [0.15, 0.2) is 5.82 Å². The molecule has 0 radical (unpaired) electrons. The van der Waals surface area contributed by atoms with Crippen LogP contribution in [-0.4, -0.2) is 38.5 Å². The van der Waals surface area contributed by atoms with E-state index in [1.54, 1.807) is 17.9 Å². The monoisotopic (exact) mass is 369 g/mol. The third kappa shape index (κ3) is 4.40. The zero-order chi connectivity index (χ0) is 18.5. The molecule has 8 heteroatoms. The molecule has 0 saturated heterocycles. The normalized spacial score (nSPS) is 10.6. The fraction of sp³-hybridized carbons (Fsp3) is 0.222. The molecule has 3 rings (SSSR count). The summed E-state index contributed by atoms with van der Waals surface area (Å²) in [5, 5.41) is 7.97. The first-order valence-electron chi connectivity index (χ1n) is 7.97. The first kappa shape index (κ1) is 17.9. The number of aryl methyl sites for hydroxylation is 2. The molecule has 0 unspecified atom stereocenters. The van der Waals surface area contributed by atoms with Crippen molar-refractivity contribution in [1.29, 1.82) is 0 Å². The van der Waals surface area contributed by atoms with Gasteiger partial charge in [0.25, 0.3) is 0 Å². The maximum absolute atomic E-state index is 12.2. The number of nitrogens with one attached hydrogen (secondary N) is 1. The van der Waals surface area contributed by atoms with Crippen molar-refractivity contribution >= 4 is 23.4 Å². The van der Waals surface area contributed by atoms with Crippen molar-refractivity contribution in [2.24, 2.45) is 0 Å². The van der Waals surface area contributed by atoms with Crippen LogP contribution < -0.4 is 10.1 Å². The lowest BCUT2D eigenvalue weighted by Gasteiger charge is -2.07. The van der Waals surface area contributed by atoms with E-state index in [1.807, 2.05) is 44.2 Å². The van der Waals surface area contributed by atoms with Gasteiger partial charge in [0.1, 0.15) is 17.1 Å². The predicted molar refractivity (Wildman–Crippen MR) is 101 cm³/mol. The van der Waals surface area contributed by atoms with Crippen LogP contribution in [0.5, 0.6) is 5.75 Å². The summed E-state index contributed by atoms with van der Waals surface area (Å²) in [6, 6.07) is 11.0. The number of anilines is 1. The zero-order valence-electron chi connectivity index (χ0n) is 14.8. The van der Waals surface area contributed by atoms with Gasteiger partial charge in [0, 0.05) is 23.5 Å². The minimum atomic E-state index is -0.116. The highest BCUT2D eigenvalue weighted by Gasteiger charge is 2.09. The zero-order valence-corrected chi connectivity index (χ0v) is 15.6. The Labute approximate surface area is 155 Å². The number of hydrogen-bond acceptors (Lipinski definition) is 6. The average Bonchev–Trinajstić information content (AvgIpc) is 2.98. The molecule has 0 aliphatic carbocycles. The quantitative estimate of drug-likeness (QED) is 0.531. The number of nitrogens with zero attached hydrogens (tertiary/aromatic N) is 4. The second-order valence-electron chi connectivity index (χ2n) is 5.62. The van der Waals surface area contributed by atoms with E-state index in [1.165, 1.54) is 18.1 Å². The van der Waals surface area contributed by atoms with Crippen LogP contribution in [0.15, 0.2) is 47.8 Å². The Morgan fingerprint density at radius 3 is 2.81 bits per heavy atom. The third-order valence-electron chi connectivity index (χ3n) is 3.56. The van der Waals surface area contributed by atoms with E-state index in [0.29, 0.717) is 22.3 Å². The Hall–Kier alpha value is -2.87. The molecular formula is C18H19N5O2S. The summed E-state index contributed by atoms with van der Waals surface area (Å²) in [5.41, 5.74) is 2.61. The maximum Gasteiger partial charge on any atom is 0.234 e. The molecule has 0 saturated carbocycles. The first-order chi connectivity index (χ1) is 12.5. The van der Waals surface area contributed by atoms with Gasteiger partial charge < -0.3 is 10.1 Å². The molecule has 2 aromatic heterocycles. The molecule has 0 fully saturated rings. The van der Waals surface area contributed by atoms with Gasteiger partial charge in [-0.3, -0.25) is 4.79 Å². The number of aromatic nitrogens is 4. The molecule has 3 aromatic rings. The van der Waals surface area contributed by atoms with Gasteiger partial charge >= 0.3 is 0 Å². The summed E-state index contributed by atoms with van der Waals surface area (Å²) in [5.74, 6) is 1.50. The number of carbonyl (C=O) groups excluding carboxylic acids is 1. The number of thioether (sulfide) groups is 1. The van der Waals surface area contributed by atoms with Crippen molar-refractivity contribution in [1.82, 2.24) is 19.7 Å². The number of carbonyl (C=O) groups is 1. The van der Waals surface area contributed by atoms with Crippen molar-refractivity contribution in [2.45, 2.75) is 18.9 Å². The van der Waals surface area contributed by atoms with Crippen molar-refractivity contribution in [3.05, 3.63) is 54.1 Å². The van der Waals surface area contributed by atoms with Crippen LogP contribution in [-0.2, 0) is 4.79 Å². The van der Waals surface area contributed by atoms with Crippen molar-refractivity contribution in [3.63, 3.8) is 0 Å². The van der Waals surface area contributed by atoms with Crippen LogP contribution in [0.25, 0.3) is 5.82 Å². The average molecular weight is 369 g/mol. The standard InChI is InChI=1S/C18H19N5O2S/c1-12-7-13(2)23(22-12)16-9-18(20-11-19-16)26-10-17(24)21-14-5-4-6-15(8-14)25-3/h4-9,11H,10H2,1-3H3,(H,21,24). The summed E-state index contributed by atoms with van der Waals surface area (Å²) in [4.78, 5) is 20.6. The number of ether oxygens (including phenoxy) is 1. The van der Waals surface area contributed by atoms with E-state index < -0.39 is 0 Å². The van der Waals surface area contributed by atoms with E-state index >= 15 is 0 Å². The third-order valence-corrected chi connectivity index (χ3v) is 4.48. The van der Waals surface area contributed by atoms with Gasteiger partial charge in [-0.2, -0.15) is 5.10 Å². The van der Waals surface area contributed by atoms with E-state index in [-0.39, 0.29) is 11.7 Å². The smallest absolute Gasteiger partial charge is 0.234 e. The SMILES string of the molecule is COc1cccc(NC(=O)CSc2cc(-n3nc(C)cc3C)ncn2)c1. The second-order valence-corrected chi connectivity index (χ2v) is 6.62. The Morgan fingerprint density at radius 1 is 1.23 bits per heavy atom. The van der Waals surface area contributed by atoms with Crippen LogP contribution in [0.2, 0.25) is 0 Å².